The Labute approximate surface area is 172 Å². The molecule has 0 unspecified atom stereocenters. The largest absolute Gasteiger partial charge is 0.417 e. The van der Waals surface area contributed by atoms with Crippen molar-refractivity contribution in [3.63, 3.8) is 0 Å². The molecule has 1 aliphatic rings. The number of halogens is 4. The minimum Gasteiger partial charge on any atom is -0.361 e. The standard InChI is InChI=1S/C20H23ClF3N3O2/c1-19(2,3)17-10-13(26-29-17)9-16(28)15-6-4-5-7-27(15)18-14(21)8-12(11-25-18)20(22,23)24/h8,10-11,15H,4-7,9H2,1-3H3/t15-/m0/s1. The fraction of sp³-hybridized carbons (Fsp3) is 0.550. The maximum atomic E-state index is 13.0. The van der Waals surface area contributed by atoms with E-state index in [1.54, 1.807) is 11.0 Å². The van der Waals surface area contributed by atoms with Gasteiger partial charge >= 0.3 is 6.18 Å². The van der Waals surface area contributed by atoms with Gasteiger partial charge in [0, 0.05) is 24.2 Å². The van der Waals surface area contributed by atoms with Crippen LogP contribution in [0.3, 0.4) is 0 Å². The molecule has 1 atom stereocenters. The van der Waals surface area contributed by atoms with E-state index in [1.165, 1.54) is 0 Å². The topological polar surface area (TPSA) is 59.2 Å². The van der Waals surface area contributed by atoms with E-state index < -0.39 is 17.8 Å². The lowest BCUT2D eigenvalue weighted by Crippen LogP contribution is -2.46. The Kier molecular flexibility index (Phi) is 5.94. The molecule has 0 N–H and O–H groups in total. The van der Waals surface area contributed by atoms with Crippen LogP contribution in [0.15, 0.2) is 22.9 Å². The molecule has 1 saturated heterocycles. The van der Waals surface area contributed by atoms with E-state index in [4.69, 9.17) is 16.1 Å². The first-order valence-electron chi connectivity index (χ1n) is 9.45. The van der Waals surface area contributed by atoms with Gasteiger partial charge in [-0.1, -0.05) is 37.5 Å². The molecule has 0 aliphatic carbocycles. The van der Waals surface area contributed by atoms with Crippen LogP contribution >= 0.6 is 11.6 Å². The number of aromatic nitrogens is 2. The fourth-order valence-electron chi connectivity index (χ4n) is 3.36. The Morgan fingerprint density at radius 3 is 2.59 bits per heavy atom. The molecule has 1 aliphatic heterocycles. The Morgan fingerprint density at radius 2 is 2.00 bits per heavy atom. The van der Waals surface area contributed by atoms with Crippen molar-refractivity contribution in [1.29, 1.82) is 0 Å². The third-order valence-electron chi connectivity index (χ3n) is 4.95. The molecule has 2 aromatic heterocycles. The second-order valence-corrected chi connectivity index (χ2v) is 8.71. The monoisotopic (exact) mass is 429 g/mol. The van der Waals surface area contributed by atoms with Crippen LogP contribution in [-0.4, -0.2) is 28.5 Å². The van der Waals surface area contributed by atoms with Gasteiger partial charge in [-0.3, -0.25) is 4.79 Å². The highest BCUT2D eigenvalue weighted by molar-refractivity contribution is 6.33. The summed E-state index contributed by atoms with van der Waals surface area (Å²) in [7, 11) is 0. The summed E-state index contributed by atoms with van der Waals surface area (Å²) in [5, 5.41) is 3.88. The zero-order valence-electron chi connectivity index (χ0n) is 16.5. The summed E-state index contributed by atoms with van der Waals surface area (Å²) in [5.74, 6) is 0.803. The lowest BCUT2D eigenvalue weighted by atomic mass is 9.92. The third-order valence-corrected chi connectivity index (χ3v) is 5.23. The average Bonchev–Trinajstić information content (AvgIpc) is 3.10. The van der Waals surface area contributed by atoms with E-state index in [9.17, 15) is 18.0 Å². The molecule has 3 rings (SSSR count). The summed E-state index contributed by atoms with van der Waals surface area (Å²) in [6.45, 7) is 6.46. The van der Waals surface area contributed by atoms with Crippen molar-refractivity contribution in [3.05, 3.63) is 40.4 Å². The van der Waals surface area contributed by atoms with Crippen molar-refractivity contribution in [2.45, 2.75) is 64.1 Å². The smallest absolute Gasteiger partial charge is 0.361 e. The van der Waals surface area contributed by atoms with Gasteiger partial charge in [-0.05, 0) is 25.3 Å². The Bertz CT molecular complexity index is 890. The molecule has 1 fully saturated rings. The first-order valence-corrected chi connectivity index (χ1v) is 9.83. The van der Waals surface area contributed by atoms with Crippen LogP contribution in [0.4, 0.5) is 19.0 Å². The molecule has 29 heavy (non-hydrogen) atoms. The maximum Gasteiger partial charge on any atom is 0.417 e. The van der Waals surface area contributed by atoms with E-state index in [-0.39, 0.29) is 28.5 Å². The molecule has 2 aromatic rings. The highest BCUT2D eigenvalue weighted by Gasteiger charge is 2.35. The zero-order valence-corrected chi connectivity index (χ0v) is 17.3. The van der Waals surface area contributed by atoms with Crippen LogP contribution in [-0.2, 0) is 22.8 Å². The van der Waals surface area contributed by atoms with Crippen LogP contribution < -0.4 is 4.90 Å². The summed E-state index contributed by atoms with van der Waals surface area (Å²) in [4.78, 5) is 18.6. The van der Waals surface area contributed by atoms with E-state index >= 15 is 0 Å². The second kappa shape index (κ2) is 7.97. The number of nitrogens with zero attached hydrogens (tertiary/aromatic N) is 3. The van der Waals surface area contributed by atoms with Crippen molar-refractivity contribution >= 4 is 23.2 Å². The van der Waals surface area contributed by atoms with Gasteiger partial charge < -0.3 is 9.42 Å². The van der Waals surface area contributed by atoms with Crippen LogP contribution in [0.25, 0.3) is 0 Å². The molecular formula is C20H23ClF3N3O2. The number of hydrogen-bond donors (Lipinski definition) is 0. The molecular weight excluding hydrogens is 407 g/mol. The first kappa shape index (κ1) is 21.6. The minimum absolute atomic E-state index is 0.0823. The number of piperidine rings is 1. The lowest BCUT2D eigenvalue weighted by molar-refractivity contribution is -0.137. The molecule has 0 bridgehead atoms. The molecule has 0 radical (unpaired) electrons. The normalized spacial score (nSPS) is 18.2. The highest BCUT2D eigenvalue weighted by atomic mass is 35.5. The van der Waals surface area contributed by atoms with Gasteiger partial charge in [-0.2, -0.15) is 13.2 Å². The predicted molar refractivity (Wildman–Crippen MR) is 103 cm³/mol. The SMILES string of the molecule is CC(C)(C)c1cc(CC(=O)[C@@H]2CCCCN2c2ncc(C(F)(F)F)cc2Cl)no1. The number of alkyl halides is 3. The first-order chi connectivity index (χ1) is 13.5. The van der Waals surface area contributed by atoms with Crippen molar-refractivity contribution in [2.24, 2.45) is 0 Å². The van der Waals surface area contributed by atoms with Gasteiger partial charge in [0.15, 0.2) is 5.78 Å². The molecule has 9 heteroatoms. The van der Waals surface area contributed by atoms with Gasteiger partial charge in [0.25, 0.3) is 0 Å². The number of ketones is 1. The van der Waals surface area contributed by atoms with Crippen molar-refractivity contribution in [1.82, 2.24) is 10.1 Å². The molecule has 0 spiro atoms. The Balaban J connectivity index is 1.81. The molecule has 0 saturated carbocycles. The van der Waals surface area contributed by atoms with Gasteiger partial charge in [0.2, 0.25) is 0 Å². The fourth-order valence-corrected chi connectivity index (χ4v) is 3.64. The summed E-state index contributed by atoms with van der Waals surface area (Å²) in [5.41, 5.74) is -0.594. The van der Waals surface area contributed by atoms with Crippen LogP contribution in [0.1, 0.15) is 57.1 Å². The molecule has 158 valence electrons. The van der Waals surface area contributed by atoms with E-state index in [2.05, 4.69) is 10.1 Å². The number of carbonyl (C=O) groups is 1. The number of carbonyl (C=O) groups excluding carboxylic acids is 1. The van der Waals surface area contributed by atoms with Gasteiger partial charge in [0.05, 0.1) is 28.7 Å². The van der Waals surface area contributed by atoms with Crippen molar-refractivity contribution < 1.29 is 22.5 Å². The number of pyridine rings is 1. The molecule has 0 amide bonds. The van der Waals surface area contributed by atoms with Crippen molar-refractivity contribution in [2.75, 3.05) is 11.4 Å². The number of anilines is 1. The number of hydrogen-bond acceptors (Lipinski definition) is 5. The molecule has 3 heterocycles. The molecule has 0 aromatic carbocycles. The lowest BCUT2D eigenvalue weighted by Gasteiger charge is -2.36. The maximum absolute atomic E-state index is 13.0. The zero-order chi connectivity index (χ0) is 21.4. The van der Waals surface area contributed by atoms with Crippen LogP contribution in [0.5, 0.6) is 0 Å². The van der Waals surface area contributed by atoms with E-state index in [0.29, 0.717) is 24.4 Å². The van der Waals surface area contributed by atoms with Crippen molar-refractivity contribution in [3.8, 4) is 0 Å². The minimum atomic E-state index is -4.52. The van der Waals surface area contributed by atoms with E-state index in [1.807, 2.05) is 20.8 Å². The number of rotatable bonds is 4. The van der Waals surface area contributed by atoms with Gasteiger partial charge in [0.1, 0.15) is 11.6 Å². The Hall–Kier alpha value is -2.09. The van der Waals surface area contributed by atoms with Gasteiger partial charge in [-0.15, -0.1) is 0 Å². The summed E-state index contributed by atoms with van der Waals surface area (Å²) >= 11 is 6.11. The van der Waals surface area contributed by atoms with E-state index in [0.717, 1.165) is 25.1 Å². The predicted octanol–water partition coefficient (Wildman–Crippen LogP) is 5.21. The third kappa shape index (κ3) is 4.91. The molecule has 5 nitrogen and oxygen atoms in total. The van der Waals surface area contributed by atoms with Crippen LogP contribution in [0.2, 0.25) is 5.02 Å². The highest BCUT2D eigenvalue weighted by Crippen LogP contribution is 2.35. The summed E-state index contributed by atoms with van der Waals surface area (Å²) < 4.78 is 44.0. The summed E-state index contributed by atoms with van der Waals surface area (Å²) in [6.07, 6.45) is -1.45. The summed E-state index contributed by atoms with van der Waals surface area (Å²) in [6, 6.07) is 2.11. The Morgan fingerprint density at radius 1 is 1.28 bits per heavy atom. The quantitative estimate of drug-likeness (QED) is 0.667. The van der Waals surface area contributed by atoms with Crippen LogP contribution in [0, 0.1) is 0 Å². The number of Topliss-reactive ketones (excluding diaryl/α,β-unsaturated/α-hetero) is 1. The average molecular weight is 430 g/mol. The van der Waals surface area contributed by atoms with Gasteiger partial charge in [-0.25, -0.2) is 4.98 Å². The second-order valence-electron chi connectivity index (χ2n) is 8.31.